The lowest BCUT2D eigenvalue weighted by Crippen LogP contribution is -2.16. The first kappa shape index (κ1) is 7.59. The maximum atomic E-state index is 11.5. The van der Waals surface area contributed by atoms with Crippen molar-refractivity contribution in [1.82, 2.24) is 0 Å². The lowest BCUT2D eigenvalue weighted by atomic mass is 9.84. The van der Waals surface area contributed by atoms with Crippen molar-refractivity contribution in [3.05, 3.63) is 24.2 Å². The lowest BCUT2D eigenvalue weighted by molar-refractivity contribution is -0.121. The molecular formula is C10H12O2. The van der Waals surface area contributed by atoms with Crippen molar-refractivity contribution in [2.45, 2.75) is 31.6 Å². The van der Waals surface area contributed by atoms with Crippen LogP contribution in [-0.4, -0.2) is 5.78 Å². The van der Waals surface area contributed by atoms with Crippen molar-refractivity contribution < 1.29 is 9.21 Å². The van der Waals surface area contributed by atoms with E-state index < -0.39 is 0 Å². The number of hydrogen-bond acceptors (Lipinski definition) is 2. The third-order valence-electron chi connectivity index (χ3n) is 2.50. The standard InChI is InChI=1S/C10H12O2/c11-10-4-2-1-3-9(10)8-5-6-12-7-8/h5-7,9H,1-4H2/t9-/m0/s1. The molecule has 12 heavy (non-hydrogen) atoms. The van der Waals surface area contributed by atoms with Gasteiger partial charge in [-0.05, 0) is 18.9 Å². The van der Waals surface area contributed by atoms with Gasteiger partial charge in [0, 0.05) is 17.9 Å². The van der Waals surface area contributed by atoms with E-state index in [-0.39, 0.29) is 5.92 Å². The molecule has 1 saturated carbocycles. The molecule has 0 unspecified atom stereocenters. The minimum Gasteiger partial charge on any atom is -0.472 e. The van der Waals surface area contributed by atoms with E-state index in [9.17, 15) is 4.79 Å². The smallest absolute Gasteiger partial charge is 0.140 e. The molecule has 2 rings (SSSR count). The molecule has 0 N–H and O–H groups in total. The van der Waals surface area contributed by atoms with E-state index in [1.165, 1.54) is 6.42 Å². The highest BCUT2D eigenvalue weighted by molar-refractivity contribution is 5.86. The van der Waals surface area contributed by atoms with Crippen LogP contribution in [0, 0.1) is 0 Å². The van der Waals surface area contributed by atoms with E-state index in [1.807, 2.05) is 6.07 Å². The van der Waals surface area contributed by atoms with Crippen molar-refractivity contribution in [3.8, 4) is 0 Å². The van der Waals surface area contributed by atoms with Crippen molar-refractivity contribution in [2.24, 2.45) is 0 Å². The van der Waals surface area contributed by atoms with E-state index in [1.54, 1.807) is 12.5 Å². The van der Waals surface area contributed by atoms with E-state index in [2.05, 4.69) is 0 Å². The normalized spacial score (nSPS) is 24.3. The molecule has 0 spiro atoms. The summed E-state index contributed by atoms with van der Waals surface area (Å²) < 4.78 is 4.96. The molecule has 2 nitrogen and oxygen atoms in total. The van der Waals surface area contributed by atoms with Crippen LogP contribution in [0.3, 0.4) is 0 Å². The minimum absolute atomic E-state index is 0.123. The first-order valence-corrected chi connectivity index (χ1v) is 4.43. The number of furan rings is 1. The number of carbonyl (C=O) groups is 1. The fourth-order valence-electron chi connectivity index (χ4n) is 1.81. The Morgan fingerprint density at radius 2 is 2.33 bits per heavy atom. The van der Waals surface area contributed by atoms with Crippen LogP contribution >= 0.6 is 0 Å². The van der Waals surface area contributed by atoms with Crippen LogP contribution in [-0.2, 0) is 4.79 Å². The molecule has 1 atom stereocenters. The first-order chi connectivity index (χ1) is 5.88. The van der Waals surface area contributed by atoms with Crippen LogP contribution in [0.5, 0.6) is 0 Å². The van der Waals surface area contributed by atoms with E-state index in [0.29, 0.717) is 5.78 Å². The van der Waals surface area contributed by atoms with Crippen molar-refractivity contribution in [1.29, 1.82) is 0 Å². The third-order valence-corrected chi connectivity index (χ3v) is 2.50. The van der Waals surface area contributed by atoms with Gasteiger partial charge in [0.25, 0.3) is 0 Å². The Kier molecular flexibility index (Phi) is 1.98. The molecular weight excluding hydrogens is 152 g/mol. The van der Waals surface area contributed by atoms with Crippen molar-refractivity contribution >= 4 is 5.78 Å². The number of rotatable bonds is 1. The largest absolute Gasteiger partial charge is 0.472 e. The number of hydrogen-bond donors (Lipinski definition) is 0. The third kappa shape index (κ3) is 1.29. The zero-order valence-corrected chi connectivity index (χ0v) is 6.95. The summed E-state index contributed by atoms with van der Waals surface area (Å²) in [5.41, 5.74) is 1.06. The van der Waals surface area contributed by atoms with Gasteiger partial charge in [-0.2, -0.15) is 0 Å². The predicted molar refractivity (Wildman–Crippen MR) is 44.9 cm³/mol. The highest BCUT2D eigenvalue weighted by Gasteiger charge is 2.24. The van der Waals surface area contributed by atoms with Gasteiger partial charge < -0.3 is 4.42 Å². The second kappa shape index (κ2) is 3.13. The zero-order valence-electron chi connectivity index (χ0n) is 6.95. The quantitative estimate of drug-likeness (QED) is 0.638. The van der Waals surface area contributed by atoms with Gasteiger partial charge in [0.05, 0.1) is 12.5 Å². The second-order valence-corrected chi connectivity index (χ2v) is 3.32. The van der Waals surface area contributed by atoms with E-state index >= 15 is 0 Å². The zero-order chi connectivity index (χ0) is 8.39. The summed E-state index contributed by atoms with van der Waals surface area (Å²) in [5.74, 6) is 0.500. The summed E-state index contributed by atoms with van der Waals surface area (Å²) >= 11 is 0. The van der Waals surface area contributed by atoms with Gasteiger partial charge in [-0.1, -0.05) is 6.42 Å². The van der Waals surface area contributed by atoms with Gasteiger partial charge in [0.2, 0.25) is 0 Å². The molecule has 1 aromatic rings. The summed E-state index contributed by atoms with van der Waals surface area (Å²) in [4.78, 5) is 11.5. The van der Waals surface area contributed by atoms with Crippen LogP contribution in [0.1, 0.15) is 37.2 Å². The lowest BCUT2D eigenvalue weighted by Gasteiger charge is -2.18. The maximum absolute atomic E-state index is 11.5. The molecule has 0 radical (unpaired) electrons. The fourth-order valence-corrected chi connectivity index (χ4v) is 1.81. The Morgan fingerprint density at radius 3 is 3.00 bits per heavy atom. The molecule has 2 heteroatoms. The topological polar surface area (TPSA) is 30.2 Å². The van der Waals surface area contributed by atoms with Gasteiger partial charge in [-0.3, -0.25) is 4.79 Å². The van der Waals surface area contributed by atoms with Gasteiger partial charge >= 0.3 is 0 Å². The maximum Gasteiger partial charge on any atom is 0.140 e. The fraction of sp³-hybridized carbons (Fsp3) is 0.500. The molecule has 1 aliphatic rings. The summed E-state index contributed by atoms with van der Waals surface area (Å²) in [6.45, 7) is 0. The van der Waals surface area contributed by atoms with E-state index in [0.717, 1.165) is 24.8 Å². The molecule has 1 aliphatic carbocycles. The molecule has 0 bridgehead atoms. The van der Waals surface area contributed by atoms with Gasteiger partial charge in [0.15, 0.2) is 0 Å². The van der Waals surface area contributed by atoms with Gasteiger partial charge in [-0.25, -0.2) is 0 Å². The highest BCUT2D eigenvalue weighted by atomic mass is 16.3. The van der Waals surface area contributed by atoms with Crippen molar-refractivity contribution in [2.75, 3.05) is 0 Å². The average Bonchev–Trinajstić information content (AvgIpc) is 2.57. The minimum atomic E-state index is 0.123. The summed E-state index contributed by atoms with van der Waals surface area (Å²) in [6.07, 6.45) is 7.30. The summed E-state index contributed by atoms with van der Waals surface area (Å²) in [5, 5.41) is 0. The molecule has 0 aromatic carbocycles. The Labute approximate surface area is 71.6 Å². The number of Topliss-reactive ketones (excluding diaryl/α,β-unsaturated/α-hetero) is 1. The van der Waals surface area contributed by atoms with Crippen LogP contribution in [0.2, 0.25) is 0 Å². The monoisotopic (exact) mass is 164 g/mol. The van der Waals surface area contributed by atoms with Crippen LogP contribution in [0.4, 0.5) is 0 Å². The molecule has 1 fully saturated rings. The van der Waals surface area contributed by atoms with Gasteiger partial charge in [-0.15, -0.1) is 0 Å². The first-order valence-electron chi connectivity index (χ1n) is 4.43. The Hall–Kier alpha value is -1.05. The average molecular weight is 164 g/mol. The van der Waals surface area contributed by atoms with Crippen LogP contribution in [0.25, 0.3) is 0 Å². The predicted octanol–water partition coefficient (Wildman–Crippen LogP) is 2.51. The highest BCUT2D eigenvalue weighted by Crippen LogP contribution is 2.29. The van der Waals surface area contributed by atoms with Crippen LogP contribution in [0.15, 0.2) is 23.0 Å². The molecule has 1 aromatic heterocycles. The number of carbonyl (C=O) groups excluding carboxylic acids is 1. The van der Waals surface area contributed by atoms with Crippen molar-refractivity contribution in [3.63, 3.8) is 0 Å². The molecule has 0 amide bonds. The molecule has 64 valence electrons. The number of ketones is 1. The van der Waals surface area contributed by atoms with E-state index in [4.69, 9.17) is 4.42 Å². The summed E-state index contributed by atoms with van der Waals surface area (Å²) in [6, 6.07) is 1.90. The Bertz CT molecular complexity index is 261. The summed E-state index contributed by atoms with van der Waals surface area (Å²) in [7, 11) is 0. The Balaban J connectivity index is 2.17. The molecule has 0 aliphatic heterocycles. The molecule has 0 saturated heterocycles. The van der Waals surface area contributed by atoms with Crippen LogP contribution < -0.4 is 0 Å². The Morgan fingerprint density at radius 1 is 1.42 bits per heavy atom. The second-order valence-electron chi connectivity index (χ2n) is 3.32. The van der Waals surface area contributed by atoms with Gasteiger partial charge in [0.1, 0.15) is 5.78 Å². The SMILES string of the molecule is O=C1CCCC[C@H]1c1ccoc1. The molecule has 1 heterocycles.